The summed E-state index contributed by atoms with van der Waals surface area (Å²) < 4.78 is 0. The average Bonchev–Trinajstić information content (AvgIpc) is 2.55. The fraction of sp³-hybridized carbons (Fsp3) is 0.438. The Balaban J connectivity index is 0.00000169. The van der Waals surface area contributed by atoms with Crippen LogP contribution in [0, 0.1) is 0 Å². The molecule has 1 aromatic carbocycles. The molecule has 10 heteroatoms. The zero-order chi connectivity index (χ0) is 17.1. The number of carboxylic acid groups (broad SMARTS) is 1. The number of hydrogen-bond acceptors (Lipinski definition) is 5. The SMILES string of the molecule is Cl.Cl.O=C(O)CN1CCN(c2ccc(N3CCC(=O)NC3=O)cc2)CC1. The molecule has 3 rings (SSSR count). The van der Waals surface area contributed by atoms with E-state index in [-0.39, 0.29) is 43.3 Å². The summed E-state index contributed by atoms with van der Waals surface area (Å²) in [6.07, 6.45) is 0.305. The van der Waals surface area contributed by atoms with Gasteiger partial charge in [-0.1, -0.05) is 0 Å². The summed E-state index contributed by atoms with van der Waals surface area (Å²) in [5.41, 5.74) is 1.80. The highest BCUT2D eigenvalue weighted by Crippen LogP contribution is 2.23. The monoisotopic (exact) mass is 404 g/mol. The first-order valence-electron chi connectivity index (χ1n) is 7.93. The fourth-order valence-corrected chi connectivity index (χ4v) is 3.01. The summed E-state index contributed by atoms with van der Waals surface area (Å²) in [5.74, 6) is -1.04. The smallest absolute Gasteiger partial charge is 0.328 e. The minimum absolute atomic E-state index is 0. The maximum atomic E-state index is 11.8. The Morgan fingerprint density at radius 1 is 0.962 bits per heavy atom. The molecule has 0 atom stereocenters. The number of carboxylic acids is 1. The number of aliphatic carboxylic acids is 1. The van der Waals surface area contributed by atoms with E-state index in [1.54, 1.807) is 4.90 Å². The Hall–Kier alpha value is -2.03. The number of rotatable bonds is 4. The van der Waals surface area contributed by atoms with Crippen molar-refractivity contribution < 1.29 is 19.5 Å². The van der Waals surface area contributed by atoms with Gasteiger partial charge in [0.1, 0.15) is 0 Å². The molecule has 2 aliphatic rings. The predicted molar refractivity (Wildman–Crippen MR) is 103 cm³/mol. The van der Waals surface area contributed by atoms with E-state index in [0.717, 1.165) is 24.5 Å². The van der Waals surface area contributed by atoms with Crippen molar-refractivity contribution in [3.05, 3.63) is 24.3 Å². The molecule has 2 aliphatic heterocycles. The summed E-state index contributed by atoms with van der Waals surface area (Å²) >= 11 is 0. The number of amides is 3. The van der Waals surface area contributed by atoms with Crippen molar-refractivity contribution in [3.63, 3.8) is 0 Å². The number of carbonyl (C=O) groups is 3. The van der Waals surface area contributed by atoms with Crippen molar-refractivity contribution >= 4 is 54.1 Å². The van der Waals surface area contributed by atoms with Crippen LogP contribution in [0.1, 0.15) is 6.42 Å². The number of nitrogens with one attached hydrogen (secondary N) is 1. The molecule has 2 saturated heterocycles. The van der Waals surface area contributed by atoms with Crippen molar-refractivity contribution in [3.8, 4) is 0 Å². The van der Waals surface area contributed by atoms with Crippen LogP contribution >= 0.6 is 24.8 Å². The summed E-state index contributed by atoms with van der Waals surface area (Å²) in [7, 11) is 0. The molecule has 2 fully saturated rings. The Labute approximate surface area is 163 Å². The number of anilines is 2. The van der Waals surface area contributed by atoms with Crippen LogP contribution in [0.4, 0.5) is 16.2 Å². The molecule has 0 saturated carbocycles. The van der Waals surface area contributed by atoms with E-state index in [4.69, 9.17) is 5.11 Å². The first kappa shape index (κ1) is 22.0. The normalized spacial score (nSPS) is 17.8. The van der Waals surface area contributed by atoms with Crippen LogP contribution in [-0.4, -0.2) is 67.2 Å². The molecular formula is C16H22Cl2N4O4. The lowest BCUT2D eigenvalue weighted by Crippen LogP contribution is -2.49. The van der Waals surface area contributed by atoms with Crippen LogP contribution in [0.5, 0.6) is 0 Å². The third kappa shape index (κ3) is 5.23. The van der Waals surface area contributed by atoms with E-state index in [9.17, 15) is 14.4 Å². The number of urea groups is 1. The van der Waals surface area contributed by atoms with Crippen LogP contribution in [0.15, 0.2) is 24.3 Å². The molecule has 2 N–H and O–H groups in total. The second-order valence-corrected chi connectivity index (χ2v) is 5.93. The van der Waals surface area contributed by atoms with E-state index >= 15 is 0 Å². The largest absolute Gasteiger partial charge is 0.480 e. The van der Waals surface area contributed by atoms with E-state index in [0.29, 0.717) is 26.1 Å². The summed E-state index contributed by atoms with van der Waals surface area (Å²) in [6.45, 7) is 3.43. The van der Waals surface area contributed by atoms with Gasteiger partial charge >= 0.3 is 12.0 Å². The van der Waals surface area contributed by atoms with E-state index in [1.165, 1.54) is 0 Å². The van der Waals surface area contributed by atoms with Crippen LogP contribution in [0.25, 0.3) is 0 Å². The van der Waals surface area contributed by atoms with Gasteiger partial charge in [-0.3, -0.25) is 24.7 Å². The highest BCUT2D eigenvalue weighted by molar-refractivity contribution is 6.05. The first-order chi connectivity index (χ1) is 11.5. The molecule has 0 aromatic heterocycles. The van der Waals surface area contributed by atoms with Crippen LogP contribution in [-0.2, 0) is 9.59 Å². The third-order valence-electron chi connectivity index (χ3n) is 4.31. The predicted octanol–water partition coefficient (Wildman–Crippen LogP) is 1.18. The van der Waals surface area contributed by atoms with Gasteiger partial charge in [-0.25, -0.2) is 4.79 Å². The minimum Gasteiger partial charge on any atom is -0.480 e. The number of hydrogen-bond donors (Lipinski definition) is 2. The van der Waals surface area contributed by atoms with Crippen LogP contribution in [0.3, 0.4) is 0 Å². The van der Waals surface area contributed by atoms with E-state index < -0.39 is 5.97 Å². The summed E-state index contributed by atoms with van der Waals surface area (Å²) in [6, 6.07) is 7.25. The second kappa shape index (κ2) is 9.61. The molecule has 0 unspecified atom stereocenters. The lowest BCUT2D eigenvalue weighted by Gasteiger charge is -2.35. The number of imide groups is 1. The number of piperazine rings is 1. The van der Waals surface area contributed by atoms with Gasteiger partial charge in [-0.05, 0) is 24.3 Å². The molecule has 26 heavy (non-hydrogen) atoms. The first-order valence-corrected chi connectivity index (χ1v) is 7.93. The summed E-state index contributed by atoms with van der Waals surface area (Å²) in [5, 5.41) is 11.1. The van der Waals surface area contributed by atoms with Gasteiger partial charge in [-0.2, -0.15) is 0 Å². The standard InChI is InChI=1S/C16H20N4O4.2ClH/c21-14-5-6-20(16(24)17-14)13-3-1-12(2-4-13)19-9-7-18(8-10-19)11-15(22)23;;/h1-4H,5-11H2,(H,22,23)(H,17,21,24);2*1H. The Morgan fingerprint density at radius 2 is 1.54 bits per heavy atom. The lowest BCUT2D eigenvalue weighted by atomic mass is 10.2. The zero-order valence-electron chi connectivity index (χ0n) is 14.1. The van der Waals surface area contributed by atoms with Gasteiger partial charge in [-0.15, -0.1) is 24.8 Å². The van der Waals surface area contributed by atoms with Gasteiger partial charge in [0.2, 0.25) is 5.91 Å². The molecule has 0 aliphatic carbocycles. The molecule has 8 nitrogen and oxygen atoms in total. The third-order valence-corrected chi connectivity index (χ3v) is 4.31. The van der Waals surface area contributed by atoms with Gasteiger partial charge in [0, 0.05) is 50.5 Å². The second-order valence-electron chi connectivity index (χ2n) is 5.93. The molecule has 1 aromatic rings. The van der Waals surface area contributed by atoms with Crippen molar-refractivity contribution in [2.75, 3.05) is 49.1 Å². The van der Waals surface area contributed by atoms with Crippen molar-refractivity contribution in [2.24, 2.45) is 0 Å². The molecule has 0 bridgehead atoms. The maximum absolute atomic E-state index is 11.8. The van der Waals surface area contributed by atoms with Gasteiger partial charge in [0.15, 0.2) is 0 Å². The topological polar surface area (TPSA) is 93.2 Å². The molecule has 144 valence electrons. The van der Waals surface area contributed by atoms with Gasteiger partial charge in [0.05, 0.1) is 6.54 Å². The minimum atomic E-state index is -0.800. The van der Waals surface area contributed by atoms with Gasteiger partial charge < -0.3 is 10.0 Å². The van der Waals surface area contributed by atoms with Crippen LogP contribution < -0.4 is 15.1 Å². The fourth-order valence-electron chi connectivity index (χ4n) is 3.01. The van der Waals surface area contributed by atoms with Gasteiger partial charge in [0.25, 0.3) is 0 Å². The maximum Gasteiger partial charge on any atom is 0.328 e. The molecular weight excluding hydrogens is 383 g/mol. The van der Waals surface area contributed by atoms with Crippen LogP contribution in [0.2, 0.25) is 0 Å². The molecule has 0 radical (unpaired) electrons. The summed E-state index contributed by atoms with van der Waals surface area (Å²) in [4.78, 5) is 39.5. The van der Waals surface area contributed by atoms with E-state index in [2.05, 4.69) is 10.2 Å². The Kier molecular flexibility index (Phi) is 8.13. The lowest BCUT2D eigenvalue weighted by molar-refractivity contribution is -0.138. The highest BCUT2D eigenvalue weighted by Gasteiger charge is 2.24. The Morgan fingerprint density at radius 3 is 2.08 bits per heavy atom. The van der Waals surface area contributed by atoms with Crippen molar-refractivity contribution in [1.82, 2.24) is 10.2 Å². The average molecular weight is 405 g/mol. The number of benzene rings is 1. The van der Waals surface area contributed by atoms with Crippen molar-refractivity contribution in [1.29, 1.82) is 0 Å². The quantitative estimate of drug-likeness (QED) is 0.782. The molecule has 2 heterocycles. The zero-order valence-corrected chi connectivity index (χ0v) is 15.7. The number of nitrogens with zero attached hydrogens (tertiary/aromatic N) is 3. The van der Waals surface area contributed by atoms with Crippen molar-refractivity contribution in [2.45, 2.75) is 6.42 Å². The molecule has 3 amide bonds. The highest BCUT2D eigenvalue weighted by atomic mass is 35.5. The number of halogens is 2. The number of carbonyl (C=O) groups excluding carboxylic acids is 2. The van der Waals surface area contributed by atoms with E-state index in [1.807, 2.05) is 29.2 Å². The Bertz CT molecular complexity index is 648. The molecule has 0 spiro atoms.